The van der Waals surface area contributed by atoms with E-state index in [0.717, 1.165) is 34.9 Å². The van der Waals surface area contributed by atoms with Crippen molar-refractivity contribution in [1.29, 1.82) is 0 Å². The molecule has 1 aliphatic carbocycles. The number of hydrogen-bond donors (Lipinski definition) is 0. The number of aliphatic imine (C=N–C) groups is 1. The molecule has 40 heavy (non-hydrogen) atoms. The van der Waals surface area contributed by atoms with Gasteiger partial charge in [-0.1, -0.05) is 110 Å². The average molecular weight is 516 g/mol. The number of fused-ring (bicyclic) bond motifs is 5. The van der Waals surface area contributed by atoms with Gasteiger partial charge in [0.2, 0.25) is 0 Å². The third-order valence-corrected chi connectivity index (χ3v) is 8.75. The molecule has 0 amide bonds. The molecular weight excluding hydrogens is 486 g/mol. The molecule has 0 aromatic heterocycles. The van der Waals surface area contributed by atoms with E-state index in [-0.39, 0.29) is 11.8 Å². The second-order valence-corrected chi connectivity index (χ2v) is 10.9. The Kier molecular flexibility index (Phi) is 5.18. The van der Waals surface area contributed by atoms with Gasteiger partial charge < -0.3 is 4.74 Å². The molecule has 0 saturated heterocycles. The van der Waals surface area contributed by atoms with Crippen molar-refractivity contribution in [2.75, 3.05) is 0 Å². The van der Waals surface area contributed by atoms with E-state index in [9.17, 15) is 0 Å². The van der Waals surface area contributed by atoms with Crippen molar-refractivity contribution in [3.05, 3.63) is 154 Å². The summed E-state index contributed by atoms with van der Waals surface area (Å²) in [6, 6.07) is 36.9. The molecule has 2 heterocycles. The zero-order valence-corrected chi connectivity index (χ0v) is 22.7. The van der Waals surface area contributed by atoms with Gasteiger partial charge in [0.05, 0.1) is 17.3 Å². The highest BCUT2D eigenvalue weighted by Gasteiger charge is 2.41. The molecule has 0 spiro atoms. The number of ether oxygens (including phenoxy) is 1. The fourth-order valence-electron chi connectivity index (χ4n) is 7.02. The Bertz CT molecular complexity index is 1920. The van der Waals surface area contributed by atoms with Crippen molar-refractivity contribution in [3.63, 3.8) is 0 Å². The quantitative estimate of drug-likeness (QED) is 0.233. The van der Waals surface area contributed by atoms with Crippen molar-refractivity contribution in [3.8, 4) is 11.5 Å². The van der Waals surface area contributed by atoms with Crippen LogP contribution in [0.3, 0.4) is 0 Å². The van der Waals surface area contributed by atoms with Crippen LogP contribution in [0, 0.1) is 0 Å². The van der Waals surface area contributed by atoms with Crippen LogP contribution < -0.4 is 4.74 Å². The van der Waals surface area contributed by atoms with E-state index in [4.69, 9.17) is 9.73 Å². The highest BCUT2D eigenvalue weighted by molar-refractivity contribution is 6.13. The Morgan fingerprint density at radius 1 is 0.750 bits per heavy atom. The SMILES string of the molecule is CC/C=C\C1=C(C)c2c(ccc3ccccc23)C1c1cccc2c1Oc1cccc3c1C2C(c1ccccc1)=N3. The average Bonchev–Trinajstić information content (AvgIpc) is 3.53. The van der Waals surface area contributed by atoms with E-state index < -0.39 is 0 Å². The van der Waals surface area contributed by atoms with Crippen LogP contribution in [-0.2, 0) is 0 Å². The Balaban J connectivity index is 1.37. The van der Waals surface area contributed by atoms with E-state index in [0.29, 0.717) is 0 Å². The predicted molar refractivity (Wildman–Crippen MR) is 165 cm³/mol. The molecule has 0 bridgehead atoms. The minimum absolute atomic E-state index is 0.0505. The third kappa shape index (κ3) is 3.26. The summed E-state index contributed by atoms with van der Waals surface area (Å²) in [5.74, 6) is 2.04. The van der Waals surface area contributed by atoms with E-state index in [1.165, 1.54) is 49.7 Å². The van der Waals surface area contributed by atoms with Crippen molar-refractivity contribution in [1.82, 2.24) is 0 Å². The van der Waals surface area contributed by atoms with E-state index >= 15 is 0 Å². The van der Waals surface area contributed by atoms with Crippen molar-refractivity contribution >= 4 is 27.7 Å². The molecule has 0 fully saturated rings. The first-order valence-electron chi connectivity index (χ1n) is 14.2. The van der Waals surface area contributed by atoms with Gasteiger partial charge in [-0.05, 0) is 64.1 Å². The molecule has 2 atom stereocenters. The molecule has 192 valence electrons. The zero-order valence-electron chi connectivity index (χ0n) is 22.7. The van der Waals surface area contributed by atoms with Gasteiger partial charge in [-0.25, -0.2) is 0 Å². The zero-order chi connectivity index (χ0) is 26.8. The third-order valence-electron chi connectivity index (χ3n) is 8.75. The van der Waals surface area contributed by atoms with Crippen LogP contribution in [0.15, 0.2) is 126 Å². The molecule has 3 aliphatic rings. The summed E-state index contributed by atoms with van der Waals surface area (Å²) in [5.41, 5.74) is 12.3. The topological polar surface area (TPSA) is 21.6 Å². The van der Waals surface area contributed by atoms with Crippen molar-refractivity contribution in [2.45, 2.75) is 32.1 Å². The number of rotatable bonds is 4. The molecule has 0 saturated carbocycles. The molecule has 5 aromatic rings. The summed E-state index contributed by atoms with van der Waals surface area (Å²) in [6.07, 6.45) is 5.63. The number of allylic oxidation sites excluding steroid dienone is 4. The van der Waals surface area contributed by atoms with Crippen molar-refractivity contribution in [2.24, 2.45) is 4.99 Å². The van der Waals surface area contributed by atoms with Gasteiger partial charge in [0.1, 0.15) is 11.5 Å². The van der Waals surface area contributed by atoms with Gasteiger partial charge in [-0.2, -0.15) is 0 Å². The molecular formula is C38H29NO. The molecule has 5 aromatic carbocycles. The lowest BCUT2D eigenvalue weighted by Gasteiger charge is -2.30. The summed E-state index contributed by atoms with van der Waals surface area (Å²) in [5, 5.41) is 2.60. The fourth-order valence-corrected chi connectivity index (χ4v) is 7.02. The molecule has 8 rings (SSSR count). The first kappa shape index (κ1) is 23.2. The van der Waals surface area contributed by atoms with Crippen LogP contribution in [-0.4, -0.2) is 5.71 Å². The van der Waals surface area contributed by atoms with Crippen LogP contribution in [0.2, 0.25) is 0 Å². The largest absolute Gasteiger partial charge is 0.456 e. The Labute approximate surface area is 235 Å². The maximum atomic E-state index is 6.87. The summed E-state index contributed by atoms with van der Waals surface area (Å²) in [7, 11) is 0. The number of benzene rings is 5. The first-order chi connectivity index (χ1) is 19.7. The molecule has 2 nitrogen and oxygen atoms in total. The number of para-hydroxylation sites is 1. The standard InChI is InChI=1S/C38H29NO/c1-3-4-15-26-23(2)33-27-16-9-8-12-24(27)21-22-28(33)34(26)29-17-10-18-30-35-36-31(19-11-20-32(36)40-38(29)30)39-37(35)25-13-6-5-7-14-25/h4-22,34-35H,3H2,1-2H3/b15-4-. The highest BCUT2D eigenvalue weighted by Crippen LogP contribution is 2.57. The second-order valence-electron chi connectivity index (χ2n) is 10.9. The van der Waals surface area contributed by atoms with Crippen LogP contribution in [0.25, 0.3) is 16.3 Å². The van der Waals surface area contributed by atoms with Crippen molar-refractivity contribution < 1.29 is 4.74 Å². The summed E-state index contributed by atoms with van der Waals surface area (Å²) in [4.78, 5) is 5.15. The van der Waals surface area contributed by atoms with E-state index in [1.54, 1.807) is 0 Å². The minimum Gasteiger partial charge on any atom is -0.456 e. The van der Waals surface area contributed by atoms with Gasteiger partial charge in [-0.15, -0.1) is 0 Å². The number of hydrogen-bond acceptors (Lipinski definition) is 2. The monoisotopic (exact) mass is 515 g/mol. The molecule has 2 heteroatoms. The summed E-state index contributed by atoms with van der Waals surface area (Å²) < 4.78 is 6.87. The van der Waals surface area contributed by atoms with Gasteiger partial charge in [-0.3, -0.25) is 4.99 Å². The maximum Gasteiger partial charge on any atom is 0.135 e. The minimum atomic E-state index is 0.0505. The van der Waals surface area contributed by atoms with Gasteiger partial charge in [0.15, 0.2) is 0 Å². The lowest BCUT2D eigenvalue weighted by molar-refractivity contribution is 0.451. The normalized spacial score (nSPS) is 18.5. The second kappa shape index (κ2) is 8.93. The summed E-state index contributed by atoms with van der Waals surface area (Å²) in [6.45, 7) is 4.49. The molecule has 2 aliphatic heterocycles. The maximum absolute atomic E-state index is 6.87. The van der Waals surface area contributed by atoms with Gasteiger partial charge >= 0.3 is 0 Å². The predicted octanol–water partition coefficient (Wildman–Crippen LogP) is 10.1. The fraction of sp³-hybridized carbons (Fsp3) is 0.132. The number of nitrogens with zero attached hydrogens (tertiary/aromatic N) is 1. The Hall–Kier alpha value is -4.69. The van der Waals surface area contributed by atoms with Crippen LogP contribution >= 0.6 is 0 Å². The van der Waals surface area contributed by atoms with Crippen LogP contribution in [0.1, 0.15) is 65.5 Å². The first-order valence-corrected chi connectivity index (χ1v) is 14.2. The van der Waals surface area contributed by atoms with Crippen LogP contribution in [0.4, 0.5) is 5.69 Å². The highest BCUT2D eigenvalue weighted by atomic mass is 16.5. The van der Waals surface area contributed by atoms with Gasteiger partial charge in [0, 0.05) is 22.6 Å². The Morgan fingerprint density at radius 2 is 1.52 bits per heavy atom. The molecule has 0 radical (unpaired) electrons. The molecule has 0 N–H and O–H groups in total. The molecule has 2 unspecified atom stereocenters. The van der Waals surface area contributed by atoms with E-state index in [1.807, 2.05) is 0 Å². The lowest BCUT2D eigenvalue weighted by atomic mass is 9.79. The Morgan fingerprint density at radius 3 is 2.38 bits per heavy atom. The summed E-state index contributed by atoms with van der Waals surface area (Å²) >= 11 is 0. The van der Waals surface area contributed by atoms with E-state index in [2.05, 4.69) is 129 Å². The van der Waals surface area contributed by atoms with Crippen LogP contribution in [0.5, 0.6) is 11.5 Å². The lowest BCUT2D eigenvalue weighted by Crippen LogP contribution is -2.18. The van der Waals surface area contributed by atoms with Gasteiger partial charge in [0.25, 0.3) is 0 Å². The smallest absolute Gasteiger partial charge is 0.135 e.